The fourth-order valence-corrected chi connectivity index (χ4v) is 4.10. The maximum atomic E-state index is 12.8. The van der Waals surface area contributed by atoms with Gasteiger partial charge < -0.3 is 21.3 Å². The number of amides is 3. The quantitative estimate of drug-likeness (QED) is 0.244. The lowest BCUT2D eigenvalue weighted by molar-refractivity contribution is -0.139. The molecule has 0 aliphatic rings. The van der Waals surface area contributed by atoms with E-state index in [1.165, 1.54) is 0 Å². The van der Waals surface area contributed by atoms with Crippen LogP contribution in [0, 0.1) is 5.92 Å². The molecule has 0 aliphatic heterocycles. The zero-order valence-electron chi connectivity index (χ0n) is 22.3. The van der Waals surface area contributed by atoms with E-state index in [0.717, 1.165) is 23.2 Å². The fraction of sp³-hybridized carbons (Fsp3) is 0.379. The minimum Gasteiger partial charge on any atom is -0.345 e. The van der Waals surface area contributed by atoms with Crippen molar-refractivity contribution < 1.29 is 14.4 Å². The largest absolute Gasteiger partial charge is 0.345 e. The van der Waals surface area contributed by atoms with Gasteiger partial charge in [-0.2, -0.15) is 5.10 Å². The maximum Gasteiger partial charge on any atom is 0.315 e. The highest BCUT2D eigenvalue weighted by molar-refractivity contribution is 6.38. The first-order valence-corrected chi connectivity index (χ1v) is 13.1. The van der Waals surface area contributed by atoms with Gasteiger partial charge in [0.15, 0.2) is 0 Å². The lowest BCUT2D eigenvalue weighted by Gasteiger charge is -2.24. The van der Waals surface area contributed by atoms with Gasteiger partial charge in [0.05, 0.1) is 11.7 Å². The molecule has 2 atom stereocenters. The third kappa shape index (κ3) is 9.15. The summed E-state index contributed by atoms with van der Waals surface area (Å²) in [5, 5.41) is 16.0. The van der Waals surface area contributed by atoms with E-state index in [-0.39, 0.29) is 18.6 Å². The first-order chi connectivity index (χ1) is 18.4. The Bertz CT molecular complexity index is 1150. The molecule has 38 heavy (non-hydrogen) atoms. The van der Waals surface area contributed by atoms with Crippen LogP contribution in [0.4, 0.5) is 4.79 Å². The van der Waals surface area contributed by atoms with Crippen LogP contribution in [0.2, 0.25) is 0 Å². The van der Waals surface area contributed by atoms with Crippen molar-refractivity contribution in [3.63, 3.8) is 0 Å². The Morgan fingerprint density at radius 2 is 1.58 bits per heavy atom. The number of nitrogens with zero attached hydrogens (tertiary/aromatic N) is 2. The number of carbonyl (C=O) groups is 3. The van der Waals surface area contributed by atoms with Crippen molar-refractivity contribution in [3.05, 3.63) is 84.2 Å². The number of Topliss-reactive ketones (excluding diaryl/α,β-unsaturated/α-hetero) is 1. The number of benzene rings is 2. The predicted molar refractivity (Wildman–Crippen MR) is 148 cm³/mol. The van der Waals surface area contributed by atoms with E-state index >= 15 is 0 Å². The topological polar surface area (TPSA) is 117 Å². The average molecular weight is 519 g/mol. The van der Waals surface area contributed by atoms with E-state index in [0.29, 0.717) is 25.4 Å². The van der Waals surface area contributed by atoms with Gasteiger partial charge in [-0.05, 0) is 48.1 Å². The van der Waals surface area contributed by atoms with E-state index in [2.05, 4.69) is 40.2 Å². The molecule has 3 rings (SSSR count). The number of carbonyl (C=O) groups excluding carboxylic acids is 3. The molecule has 0 aliphatic carbocycles. The molecule has 9 heteroatoms. The van der Waals surface area contributed by atoms with Crippen molar-refractivity contribution in [3.8, 4) is 5.69 Å². The first kappa shape index (κ1) is 28.6. The normalized spacial score (nSPS) is 12.5. The van der Waals surface area contributed by atoms with Crippen LogP contribution in [0.5, 0.6) is 0 Å². The van der Waals surface area contributed by atoms with Crippen LogP contribution in [0.15, 0.2) is 73.1 Å². The molecular formula is C29H38N6O3. The highest BCUT2D eigenvalue weighted by Crippen LogP contribution is 2.09. The van der Waals surface area contributed by atoms with Gasteiger partial charge in [0.1, 0.15) is 0 Å². The Balaban J connectivity index is 1.47. The van der Waals surface area contributed by atoms with Crippen LogP contribution in [0.1, 0.15) is 44.7 Å². The molecule has 0 spiro atoms. The monoisotopic (exact) mass is 518 g/mol. The fourth-order valence-electron chi connectivity index (χ4n) is 4.10. The number of nitrogens with one attached hydrogen (secondary N) is 4. The molecule has 202 valence electrons. The number of ketones is 1. The van der Waals surface area contributed by atoms with E-state index in [1.54, 1.807) is 10.9 Å². The summed E-state index contributed by atoms with van der Waals surface area (Å²) in [6.07, 6.45) is 4.75. The summed E-state index contributed by atoms with van der Waals surface area (Å²) >= 11 is 0. The van der Waals surface area contributed by atoms with E-state index in [4.69, 9.17) is 0 Å². The molecule has 4 N–H and O–H groups in total. The van der Waals surface area contributed by atoms with Gasteiger partial charge in [0.25, 0.3) is 5.91 Å². The molecule has 3 aromatic rings. The maximum absolute atomic E-state index is 12.8. The van der Waals surface area contributed by atoms with Gasteiger partial charge in [-0.15, -0.1) is 0 Å². The first-order valence-electron chi connectivity index (χ1n) is 13.1. The smallest absolute Gasteiger partial charge is 0.315 e. The third-order valence-corrected chi connectivity index (χ3v) is 6.10. The predicted octanol–water partition coefficient (Wildman–Crippen LogP) is 3.34. The molecular weight excluding hydrogens is 480 g/mol. The second-order valence-corrected chi connectivity index (χ2v) is 9.67. The molecule has 0 saturated heterocycles. The van der Waals surface area contributed by atoms with Crippen molar-refractivity contribution in [1.82, 2.24) is 31.0 Å². The second-order valence-electron chi connectivity index (χ2n) is 9.67. The summed E-state index contributed by atoms with van der Waals surface area (Å²) in [6, 6.07) is 18.0. The average Bonchev–Trinajstić information content (AvgIpc) is 3.46. The summed E-state index contributed by atoms with van der Waals surface area (Å²) in [6.45, 7) is 7.07. The van der Waals surface area contributed by atoms with Crippen molar-refractivity contribution >= 4 is 17.7 Å². The summed E-state index contributed by atoms with van der Waals surface area (Å²) in [7, 11) is 0. The third-order valence-electron chi connectivity index (χ3n) is 6.10. The number of urea groups is 1. The molecule has 1 heterocycles. The zero-order valence-corrected chi connectivity index (χ0v) is 22.3. The SMILES string of the molecule is CCC(NC[C@H](CC(C)C)NC(=O)NCc1ccccc1)C(=O)C(=O)NCc1ccc(-n2cccn2)cc1. The lowest BCUT2D eigenvalue weighted by Crippen LogP contribution is -2.51. The highest BCUT2D eigenvalue weighted by Gasteiger charge is 2.25. The Hall–Kier alpha value is -3.98. The lowest BCUT2D eigenvalue weighted by atomic mass is 10.0. The molecule has 2 aromatic carbocycles. The van der Waals surface area contributed by atoms with E-state index < -0.39 is 17.7 Å². The molecule has 9 nitrogen and oxygen atoms in total. The highest BCUT2D eigenvalue weighted by atomic mass is 16.2. The molecule has 0 fully saturated rings. The minimum atomic E-state index is -0.638. The van der Waals surface area contributed by atoms with E-state index in [9.17, 15) is 14.4 Å². The summed E-state index contributed by atoms with van der Waals surface area (Å²) in [5.74, 6) is -0.804. The molecule has 1 unspecified atom stereocenters. The van der Waals surface area contributed by atoms with Gasteiger partial charge in [0, 0.05) is 38.1 Å². The van der Waals surface area contributed by atoms with Crippen LogP contribution >= 0.6 is 0 Å². The molecule has 0 radical (unpaired) electrons. The second kappa shape index (κ2) is 14.7. The molecule has 0 bridgehead atoms. The molecule has 1 aromatic heterocycles. The van der Waals surface area contributed by atoms with Crippen LogP contribution in [-0.2, 0) is 22.7 Å². The Kier molecular flexibility index (Phi) is 11.0. The molecule has 0 saturated carbocycles. The van der Waals surface area contributed by atoms with Crippen molar-refractivity contribution in [2.24, 2.45) is 5.92 Å². The van der Waals surface area contributed by atoms with E-state index in [1.807, 2.05) is 73.8 Å². The Morgan fingerprint density at radius 3 is 2.21 bits per heavy atom. The van der Waals surface area contributed by atoms with Gasteiger partial charge in [-0.25, -0.2) is 9.48 Å². The number of aromatic nitrogens is 2. The number of rotatable bonds is 14. The van der Waals surface area contributed by atoms with Crippen LogP contribution in [-0.4, -0.2) is 46.1 Å². The summed E-state index contributed by atoms with van der Waals surface area (Å²) < 4.78 is 1.75. The summed E-state index contributed by atoms with van der Waals surface area (Å²) in [4.78, 5) is 37.9. The van der Waals surface area contributed by atoms with Crippen molar-refractivity contribution in [2.45, 2.75) is 58.8 Å². The zero-order chi connectivity index (χ0) is 27.3. The van der Waals surface area contributed by atoms with Gasteiger partial charge in [-0.3, -0.25) is 9.59 Å². The Labute approximate surface area is 224 Å². The standard InChI is InChI=1S/C29H38N6O3/c1-4-26(27(36)28(37)31-18-23-11-13-25(14-12-23)35-16-8-15-33-35)30-20-24(17-21(2)3)34-29(38)32-19-22-9-6-5-7-10-22/h5-16,21,24,26,30H,4,17-20H2,1-3H3,(H,31,37)(H2,32,34,38)/t24-,26?/m0/s1. The van der Waals surface area contributed by atoms with Gasteiger partial charge in [0.2, 0.25) is 5.78 Å². The Morgan fingerprint density at radius 1 is 0.895 bits per heavy atom. The van der Waals surface area contributed by atoms with Crippen LogP contribution in [0.3, 0.4) is 0 Å². The van der Waals surface area contributed by atoms with Gasteiger partial charge >= 0.3 is 6.03 Å². The van der Waals surface area contributed by atoms with Crippen LogP contribution < -0.4 is 21.3 Å². The minimum absolute atomic E-state index is 0.191. The van der Waals surface area contributed by atoms with Crippen molar-refractivity contribution in [1.29, 1.82) is 0 Å². The van der Waals surface area contributed by atoms with Gasteiger partial charge in [-0.1, -0.05) is 63.2 Å². The van der Waals surface area contributed by atoms with Crippen molar-refractivity contribution in [2.75, 3.05) is 6.54 Å². The molecule has 3 amide bonds. The van der Waals surface area contributed by atoms with Crippen LogP contribution in [0.25, 0.3) is 5.69 Å². The number of hydrogen-bond acceptors (Lipinski definition) is 5. The number of hydrogen-bond donors (Lipinski definition) is 4. The summed E-state index contributed by atoms with van der Waals surface area (Å²) in [5.41, 5.74) is 2.80.